The smallest absolute Gasteiger partial charge is 0.359 e. The predicted molar refractivity (Wildman–Crippen MR) is 107 cm³/mol. The van der Waals surface area contributed by atoms with Crippen LogP contribution in [0.5, 0.6) is 28.7 Å². The summed E-state index contributed by atoms with van der Waals surface area (Å²) in [5.74, 6) is -30.6. The maximum Gasteiger partial charge on any atom is 0.359 e. The average molecular weight is 514 g/mol. The molecule has 0 spiro atoms. The van der Waals surface area contributed by atoms with Crippen LogP contribution in [0, 0.1) is 17.5 Å². The maximum atomic E-state index is 15.2. The Bertz CT molecular complexity index is 1310. The van der Waals surface area contributed by atoms with Crippen LogP contribution in [0.15, 0.2) is 84.0 Å². The molecule has 1 aliphatic rings. The first-order chi connectivity index (χ1) is 17.1. The van der Waals surface area contributed by atoms with E-state index in [1.807, 2.05) is 0 Å². The van der Waals surface area contributed by atoms with Gasteiger partial charge in [0.2, 0.25) is 58.0 Å². The number of carbonyl (C=O) groups is 1. The zero-order valence-electron chi connectivity index (χ0n) is 17.4. The van der Waals surface area contributed by atoms with Crippen molar-refractivity contribution in [3.63, 3.8) is 0 Å². The highest BCUT2D eigenvalue weighted by atomic mass is 19.2. The number of halogens is 8. The molecule has 0 heterocycles. The van der Waals surface area contributed by atoms with Gasteiger partial charge < -0.3 is 14.2 Å². The van der Waals surface area contributed by atoms with Gasteiger partial charge in [-0.15, -0.1) is 0 Å². The molecule has 0 atom stereocenters. The summed E-state index contributed by atoms with van der Waals surface area (Å²) in [5, 5.41) is 0. The number of Topliss-reactive ketones (excluding diaryl/α,β-unsaturated/α-hetero) is 1. The molecule has 0 saturated carbocycles. The number of ether oxygens (including phenoxy) is 3. The van der Waals surface area contributed by atoms with Gasteiger partial charge in [0.05, 0.1) is 0 Å². The molecule has 3 aromatic carbocycles. The van der Waals surface area contributed by atoms with Gasteiger partial charge in [0.1, 0.15) is 11.5 Å². The zero-order valence-corrected chi connectivity index (χ0v) is 17.4. The second kappa shape index (κ2) is 9.36. The van der Waals surface area contributed by atoms with E-state index >= 15 is 17.6 Å². The molecule has 4 rings (SSSR count). The van der Waals surface area contributed by atoms with Crippen LogP contribution in [-0.2, 0) is 4.79 Å². The van der Waals surface area contributed by atoms with Gasteiger partial charge in [-0.2, -0.15) is 26.3 Å². The van der Waals surface area contributed by atoms with Crippen molar-refractivity contribution in [2.75, 3.05) is 0 Å². The minimum Gasteiger partial charge on any atom is -0.451 e. The van der Waals surface area contributed by atoms with Crippen molar-refractivity contribution in [3.8, 4) is 28.7 Å². The van der Waals surface area contributed by atoms with Crippen molar-refractivity contribution in [3.05, 3.63) is 101 Å². The minimum absolute atomic E-state index is 0.231. The van der Waals surface area contributed by atoms with Gasteiger partial charge in [-0.05, 0) is 24.3 Å². The van der Waals surface area contributed by atoms with E-state index in [0.29, 0.717) is 0 Å². The first-order valence-electron chi connectivity index (χ1n) is 9.76. The summed E-state index contributed by atoms with van der Waals surface area (Å²) >= 11 is 0. The third kappa shape index (κ3) is 4.14. The van der Waals surface area contributed by atoms with Crippen molar-refractivity contribution in [2.45, 2.75) is 5.85 Å². The number of para-hydroxylation sites is 2. The Morgan fingerprint density at radius 1 is 0.556 bits per heavy atom. The fourth-order valence-electron chi connectivity index (χ4n) is 2.98. The highest BCUT2D eigenvalue weighted by molar-refractivity contribution is 6.07. The predicted octanol–water partition coefficient (Wildman–Crippen LogP) is 7.62. The van der Waals surface area contributed by atoms with Gasteiger partial charge in [-0.25, -0.2) is 8.78 Å². The number of carbonyl (C=O) groups excluding carboxylic acids is 1. The molecule has 0 aromatic heterocycles. The van der Waals surface area contributed by atoms with Crippen LogP contribution in [0.25, 0.3) is 0 Å². The van der Waals surface area contributed by atoms with Gasteiger partial charge in [0, 0.05) is 0 Å². The zero-order chi connectivity index (χ0) is 26.2. The van der Waals surface area contributed by atoms with E-state index in [0.717, 1.165) is 0 Å². The molecular formula is C24H10F8O4. The van der Waals surface area contributed by atoms with Crippen LogP contribution in [0.1, 0.15) is 0 Å². The SMILES string of the molecule is O=C1C(F)=C(F)C(F)(Oc2c(F)c(Oc3ccccc3)c(F)c(Oc3ccccc3)c2F)C(F)=C1F. The van der Waals surface area contributed by atoms with E-state index in [2.05, 4.69) is 4.74 Å². The lowest BCUT2D eigenvalue weighted by Gasteiger charge is -2.27. The molecule has 36 heavy (non-hydrogen) atoms. The van der Waals surface area contributed by atoms with Crippen LogP contribution in [0.3, 0.4) is 0 Å². The van der Waals surface area contributed by atoms with Crippen molar-refractivity contribution in [2.24, 2.45) is 0 Å². The Hall–Kier alpha value is -4.35. The lowest BCUT2D eigenvalue weighted by molar-refractivity contribution is -0.118. The number of hydrogen-bond acceptors (Lipinski definition) is 4. The number of benzene rings is 3. The van der Waals surface area contributed by atoms with Crippen molar-refractivity contribution >= 4 is 5.78 Å². The van der Waals surface area contributed by atoms with E-state index in [1.54, 1.807) is 0 Å². The normalized spacial score (nSPS) is 15.3. The number of rotatable bonds is 6. The summed E-state index contributed by atoms with van der Waals surface area (Å²) in [7, 11) is 0. The van der Waals surface area contributed by atoms with Gasteiger partial charge in [0.15, 0.2) is 0 Å². The quantitative estimate of drug-likeness (QED) is 0.318. The van der Waals surface area contributed by atoms with Crippen molar-refractivity contribution < 1.29 is 54.1 Å². The van der Waals surface area contributed by atoms with Crippen molar-refractivity contribution in [1.29, 1.82) is 0 Å². The summed E-state index contributed by atoms with van der Waals surface area (Å²) in [6.07, 6.45) is 0. The summed E-state index contributed by atoms with van der Waals surface area (Å²) < 4.78 is 130. The lowest BCUT2D eigenvalue weighted by atomic mass is 10.0. The van der Waals surface area contributed by atoms with Crippen molar-refractivity contribution in [1.82, 2.24) is 0 Å². The molecule has 3 aromatic rings. The second-order valence-corrected chi connectivity index (χ2v) is 7.04. The molecule has 0 N–H and O–H groups in total. The van der Waals surface area contributed by atoms with E-state index < -0.39 is 69.6 Å². The summed E-state index contributed by atoms with van der Waals surface area (Å²) in [5.41, 5.74) is 0. The van der Waals surface area contributed by atoms with Crippen LogP contribution in [0.4, 0.5) is 35.1 Å². The highest BCUT2D eigenvalue weighted by Crippen LogP contribution is 2.48. The van der Waals surface area contributed by atoms with Crippen LogP contribution >= 0.6 is 0 Å². The van der Waals surface area contributed by atoms with Crippen LogP contribution < -0.4 is 14.2 Å². The third-order valence-electron chi connectivity index (χ3n) is 4.71. The topological polar surface area (TPSA) is 44.8 Å². The molecule has 1 aliphatic carbocycles. The molecule has 0 radical (unpaired) electrons. The Kier molecular flexibility index (Phi) is 6.44. The number of hydrogen-bond donors (Lipinski definition) is 0. The monoisotopic (exact) mass is 514 g/mol. The molecule has 0 bridgehead atoms. The number of ketones is 1. The molecule has 186 valence electrons. The summed E-state index contributed by atoms with van der Waals surface area (Å²) in [4.78, 5) is 11.2. The first kappa shape index (κ1) is 24.8. The van der Waals surface area contributed by atoms with Gasteiger partial charge in [0.25, 0.3) is 5.78 Å². The number of allylic oxidation sites excluding steroid dienone is 2. The van der Waals surface area contributed by atoms with E-state index in [1.165, 1.54) is 60.7 Å². The third-order valence-corrected chi connectivity index (χ3v) is 4.71. The Morgan fingerprint density at radius 2 is 0.917 bits per heavy atom. The lowest BCUT2D eigenvalue weighted by Crippen LogP contribution is -2.38. The fraction of sp³-hybridized carbons (Fsp3) is 0.0417. The van der Waals surface area contributed by atoms with Gasteiger partial charge in [-0.3, -0.25) is 4.79 Å². The summed E-state index contributed by atoms with van der Waals surface area (Å²) in [6, 6.07) is 13.4. The molecule has 12 heteroatoms. The van der Waals surface area contributed by atoms with Gasteiger partial charge in [-0.1, -0.05) is 36.4 Å². The molecule has 0 fully saturated rings. The molecule has 0 amide bonds. The first-order valence-corrected chi connectivity index (χ1v) is 9.76. The Morgan fingerprint density at radius 3 is 1.31 bits per heavy atom. The molecule has 4 nitrogen and oxygen atoms in total. The van der Waals surface area contributed by atoms with E-state index in [-0.39, 0.29) is 11.5 Å². The molecule has 0 saturated heterocycles. The Labute approximate surface area is 196 Å². The molecular weight excluding hydrogens is 504 g/mol. The largest absolute Gasteiger partial charge is 0.451 e. The van der Waals surface area contributed by atoms with Gasteiger partial charge >= 0.3 is 5.85 Å². The maximum absolute atomic E-state index is 15.2. The Balaban J connectivity index is 1.91. The average Bonchev–Trinajstić information content (AvgIpc) is 2.89. The highest BCUT2D eigenvalue weighted by Gasteiger charge is 2.55. The molecule has 0 aliphatic heterocycles. The molecule has 0 unspecified atom stereocenters. The van der Waals surface area contributed by atoms with Crippen LogP contribution in [0.2, 0.25) is 0 Å². The summed E-state index contributed by atoms with van der Waals surface area (Å²) in [6.45, 7) is 0. The number of alkyl halides is 1. The van der Waals surface area contributed by atoms with E-state index in [9.17, 15) is 22.4 Å². The second-order valence-electron chi connectivity index (χ2n) is 7.04. The fourth-order valence-corrected chi connectivity index (χ4v) is 2.98. The minimum atomic E-state index is -4.96. The van der Waals surface area contributed by atoms with Crippen LogP contribution in [-0.4, -0.2) is 11.6 Å². The standard InChI is InChI=1S/C24H10F8O4/c25-13-18(33)14(26)23(31)24(32,22(13)30)36-21-16(28)19(34-11-7-3-1-4-8-11)15(27)20(17(21)29)35-12-9-5-2-6-10-12/h1-10H. The van der Waals surface area contributed by atoms with E-state index in [4.69, 9.17) is 9.47 Å².